The number of aromatic nitrogens is 1. The Bertz CT molecular complexity index is 1250. The molecular formula is C25H23N3O4S2. The lowest BCUT2D eigenvalue weighted by Gasteiger charge is -2.11. The molecule has 4 rings (SSSR count). The number of hydrogen-bond acceptors (Lipinski definition) is 7. The average molecular weight is 494 g/mol. The molecule has 4 aromatic rings. The highest BCUT2D eigenvalue weighted by Crippen LogP contribution is 2.29. The van der Waals surface area contributed by atoms with Crippen molar-refractivity contribution in [2.24, 2.45) is 0 Å². The van der Waals surface area contributed by atoms with Crippen LogP contribution in [-0.4, -0.2) is 28.7 Å². The van der Waals surface area contributed by atoms with E-state index in [9.17, 15) is 9.59 Å². The van der Waals surface area contributed by atoms with Gasteiger partial charge < -0.3 is 19.8 Å². The Labute approximate surface area is 205 Å². The third kappa shape index (κ3) is 6.06. The zero-order valence-electron chi connectivity index (χ0n) is 18.6. The molecular weight excluding hydrogens is 470 g/mol. The first-order valence-corrected chi connectivity index (χ1v) is 12.4. The first kappa shape index (κ1) is 23.6. The number of anilines is 2. The summed E-state index contributed by atoms with van der Waals surface area (Å²) in [6.45, 7) is 4.39. The standard InChI is InChI=1S/C25H23N3O4S2/c1-3-31-19-11-9-17(10-12-19)21-15-33-25(27-21)28-23(29)16(2)34-20-7-4-6-18(14-20)26-24(30)22-8-5-13-32-22/h4-16H,3H2,1-2H3,(H,26,30)(H,27,28,29). The van der Waals surface area contributed by atoms with E-state index in [2.05, 4.69) is 15.6 Å². The predicted octanol–water partition coefficient (Wildman–Crippen LogP) is 6.17. The van der Waals surface area contributed by atoms with Crippen LogP contribution in [0.15, 0.2) is 81.6 Å². The summed E-state index contributed by atoms with van der Waals surface area (Å²) in [5, 5.41) is 7.77. The second kappa shape index (κ2) is 11.0. The zero-order chi connectivity index (χ0) is 23.9. The first-order chi connectivity index (χ1) is 16.5. The van der Waals surface area contributed by atoms with Gasteiger partial charge in [-0.15, -0.1) is 23.1 Å². The molecule has 2 N–H and O–H groups in total. The summed E-state index contributed by atoms with van der Waals surface area (Å²) in [6, 6.07) is 18.3. The normalized spacial score (nSPS) is 11.6. The SMILES string of the molecule is CCOc1ccc(-c2csc(NC(=O)C(C)Sc3cccc(NC(=O)c4ccco4)c3)n2)cc1. The molecule has 0 bridgehead atoms. The number of carbonyl (C=O) groups excluding carboxylic acids is 2. The number of hydrogen-bond donors (Lipinski definition) is 2. The van der Waals surface area contributed by atoms with Crippen LogP contribution in [0.5, 0.6) is 5.75 Å². The molecule has 0 spiro atoms. The molecule has 174 valence electrons. The van der Waals surface area contributed by atoms with Crippen molar-refractivity contribution in [2.45, 2.75) is 24.0 Å². The highest BCUT2D eigenvalue weighted by atomic mass is 32.2. The van der Waals surface area contributed by atoms with Crippen LogP contribution in [0.25, 0.3) is 11.3 Å². The van der Waals surface area contributed by atoms with E-state index >= 15 is 0 Å². The van der Waals surface area contributed by atoms with Crippen molar-refractivity contribution in [3.8, 4) is 17.0 Å². The molecule has 0 aliphatic heterocycles. The van der Waals surface area contributed by atoms with Crippen molar-refractivity contribution >= 4 is 45.7 Å². The maximum absolute atomic E-state index is 12.7. The zero-order valence-corrected chi connectivity index (χ0v) is 20.2. The van der Waals surface area contributed by atoms with Crippen molar-refractivity contribution in [3.05, 3.63) is 78.1 Å². The Kier molecular flexibility index (Phi) is 7.66. The monoisotopic (exact) mass is 493 g/mol. The molecule has 0 radical (unpaired) electrons. The van der Waals surface area contributed by atoms with Crippen LogP contribution in [0.2, 0.25) is 0 Å². The quantitative estimate of drug-likeness (QED) is 0.271. The molecule has 2 aromatic carbocycles. The Morgan fingerprint density at radius 3 is 2.68 bits per heavy atom. The van der Waals surface area contributed by atoms with E-state index in [1.807, 2.05) is 61.7 Å². The van der Waals surface area contributed by atoms with Crippen LogP contribution < -0.4 is 15.4 Å². The van der Waals surface area contributed by atoms with Crippen molar-refractivity contribution in [1.82, 2.24) is 4.98 Å². The number of nitrogens with one attached hydrogen (secondary N) is 2. The predicted molar refractivity (Wildman–Crippen MR) is 136 cm³/mol. The molecule has 2 amide bonds. The largest absolute Gasteiger partial charge is 0.494 e. The molecule has 0 fully saturated rings. The summed E-state index contributed by atoms with van der Waals surface area (Å²) < 4.78 is 10.6. The van der Waals surface area contributed by atoms with Gasteiger partial charge in [0.1, 0.15) is 5.75 Å². The van der Waals surface area contributed by atoms with Gasteiger partial charge in [-0.25, -0.2) is 4.98 Å². The minimum atomic E-state index is -0.367. The lowest BCUT2D eigenvalue weighted by atomic mass is 10.2. The van der Waals surface area contributed by atoms with Crippen molar-refractivity contribution in [3.63, 3.8) is 0 Å². The molecule has 2 aromatic heterocycles. The van der Waals surface area contributed by atoms with Crippen molar-refractivity contribution in [2.75, 3.05) is 17.2 Å². The molecule has 1 unspecified atom stereocenters. The van der Waals surface area contributed by atoms with Gasteiger partial charge in [0.25, 0.3) is 5.91 Å². The highest BCUT2D eigenvalue weighted by molar-refractivity contribution is 8.00. The molecule has 0 saturated carbocycles. The van der Waals surface area contributed by atoms with Crippen LogP contribution in [0.3, 0.4) is 0 Å². The number of amides is 2. The maximum Gasteiger partial charge on any atom is 0.291 e. The molecule has 0 aliphatic carbocycles. The van der Waals surface area contributed by atoms with Crippen LogP contribution >= 0.6 is 23.1 Å². The van der Waals surface area contributed by atoms with Crippen LogP contribution in [0, 0.1) is 0 Å². The summed E-state index contributed by atoms with van der Waals surface area (Å²) in [5.41, 5.74) is 2.37. The third-order valence-corrected chi connectivity index (χ3v) is 6.57. The summed E-state index contributed by atoms with van der Waals surface area (Å²) >= 11 is 2.77. The van der Waals surface area contributed by atoms with Crippen molar-refractivity contribution < 1.29 is 18.7 Å². The van der Waals surface area contributed by atoms with Gasteiger partial charge in [-0.05, 0) is 68.4 Å². The molecule has 0 aliphatic rings. The number of nitrogens with zero attached hydrogens (tertiary/aromatic N) is 1. The van der Waals surface area contributed by atoms with Crippen LogP contribution in [-0.2, 0) is 4.79 Å². The summed E-state index contributed by atoms with van der Waals surface area (Å²) in [6.07, 6.45) is 1.45. The van der Waals surface area contributed by atoms with Gasteiger partial charge in [-0.3, -0.25) is 9.59 Å². The lowest BCUT2D eigenvalue weighted by Crippen LogP contribution is -2.22. The number of ether oxygens (including phenoxy) is 1. The summed E-state index contributed by atoms with van der Waals surface area (Å²) in [7, 11) is 0. The topological polar surface area (TPSA) is 93.5 Å². The number of furan rings is 1. The summed E-state index contributed by atoms with van der Waals surface area (Å²) in [4.78, 5) is 30.3. The molecule has 0 saturated heterocycles. The minimum Gasteiger partial charge on any atom is -0.494 e. The fourth-order valence-corrected chi connectivity index (χ4v) is 4.71. The number of rotatable bonds is 9. The average Bonchev–Trinajstić information content (AvgIpc) is 3.53. The second-order valence-electron chi connectivity index (χ2n) is 7.20. The Hall–Kier alpha value is -3.56. The van der Waals surface area contributed by atoms with E-state index in [1.54, 1.807) is 18.2 Å². The van der Waals surface area contributed by atoms with Gasteiger partial charge in [0, 0.05) is 21.5 Å². The minimum absolute atomic E-state index is 0.150. The third-order valence-electron chi connectivity index (χ3n) is 4.71. The second-order valence-corrected chi connectivity index (χ2v) is 9.48. The highest BCUT2D eigenvalue weighted by Gasteiger charge is 2.17. The molecule has 34 heavy (non-hydrogen) atoms. The van der Waals surface area contributed by atoms with Gasteiger partial charge in [-0.2, -0.15) is 0 Å². The molecule has 1 atom stereocenters. The number of carbonyl (C=O) groups is 2. The fourth-order valence-electron chi connectivity index (χ4n) is 3.06. The van der Waals surface area contributed by atoms with E-state index in [-0.39, 0.29) is 22.8 Å². The maximum atomic E-state index is 12.7. The number of thiazole rings is 1. The van der Waals surface area contributed by atoms with E-state index in [1.165, 1.54) is 29.4 Å². The van der Waals surface area contributed by atoms with Crippen LogP contribution in [0.4, 0.5) is 10.8 Å². The van der Waals surface area contributed by atoms with Crippen LogP contribution in [0.1, 0.15) is 24.4 Å². The smallest absolute Gasteiger partial charge is 0.291 e. The Balaban J connectivity index is 1.34. The number of benzene rings is 2. The molecule has 2 heterocycles. The molecule has 9 heteroatoms. The Morgan fingerprint density at radius 1 is 1.12 bits per heavy atom. The molecule has 7 nitrogen and oxygen atoms in total. The fraction of sp³-hybridized carbons (Fsp3) is 0.160. The van der Waals surface area contributed by atoms with E-state index in [0.717, 1.165) is 21.9 Å². The summed E-state index contributed by atoms with van der Waals surface area (Å²) in [5.74, 6) is 0.567. The van der Waals surface area contributed by atoms with Gasteiger partial charge in [0.05, 0.1) is 23.8 Å². The first-order valence-electron chi connectivity index (χ1n) is 10.6. The van der Waals surface area contributed by atoms with Gasteiger partial charge in [0.2, 0.25) is 5.91 Å². The van der Waals surface area contributed by atoms with Gasteiger partial charge in [0.15, 0.2) is 10.9 Å². The van der Waals surface area contributed by atoms with E-state index < -0.39 is 0 Å². The Morgan fingerprint density at radius 2 is 1.94 bits per heavy atom. The van der Waals surface area contributed by atoms with Gasteiger partial charge in [-0.1, -0.05) is 6.07 Å². The van der Waals surface area contributed by atoms with Crippen molar-refractivity contribution in [1.29, 1.82) is 0 Å². The van der Waals surface area contributed by atoms with E-state index in [4.69, 9.17) is 9.15 Å². The number of thioether (sulfide) groups is 1. The van der Waals surface area contributed by atoms with E-state index in [0.29, 0.717) is 17.4 Å². The lowest BCUT2D eigenvalue weighted by molar-refractivity contribution is -0.115. The van der Waals surface area contributed by atoms with Gasteiger partial charge >= 0.3 is 0 Å².